The highest BCUT2D eigenvalue weighted by atomic mass is 19.4. The van der Waals surface area contributed by atoms with E-state index in [1.807, 2.05) is 13.0 Å². The predicted octanol–water partition coefficient (Wildman–Crippen LogP) is 3.11. The summed E-state index contributed by atoms with van der Waals surface area (Å²) in [4.78, 5) is 41.2. The second kappa shape index (κ2) is 8.37. The Labute approximate surface area is 175 Å². The normalized spacial score (nSPS) is 11.7. The topological polar surface area (TPSA) is 83.2 Å². The lowest BCUT2D eigenvalue weighted by Crippen LogP contribution is -2.27. The molecular formula is C21H20F3N3O4. The largest absolute Gasteiger partial charge is 0.456 e. The van der Waals surface area contributed by atoms with E-state index in [-0.39, 0.29) is 17.0 Å². The number of halogens is 3. The van der Waals surface area contributed by atoms with E-state index in [4.69, 9.17) is 4.74 Å². The summed E-state index contributed by atoms with van der Waals surface area (Å²) in [6.45, 7) is 2.36. The first-order valence-electron chi connectivity index (χ1n) is 9.35. The summed E-state index contributed by atoms with van der Waals surface area (Å²) in [5, 5.41) is 0.350. The number of esters is 1. The van der Waals surface area contributed by atoms with Gasteiger partial charge in [-0.15, -0.1) is 0 Å². The van der Waals surface area contributed by atoms with Crippen molar-refractivity contribution in [3.63, 3.8) is 0 Å². The van der Waals surface area contributed by atoms with Gasteiger partial charge in [-0.3, -0.25) is 19.0 Å². The number of hydrogen-bond donors (Lipinski definition) is 0. The zero-order chi connectivity index (χ0) is 22.9. The van der Waals surface area contributed by atoms with Gasteiger partial charge in [-0.25, -0.2) is 4.98 Å². The Hall–Kier alpha value is -3.43. The first-order valence-corrected chi connectivity index (χ1v) is 9.35. The van der Waals surface area contributed by atoms with E-state index in [2.05, 4.69) is 4.98 Å². The number of Topliss-reactive ketones (excluding diaryl/α,β-unsaturated/α-hetero) is 1. The second-order valence-electron chi connectivity index (χ2n) is 7.22. The lowest BCUT2D eigenvalue weighted by Gasteiger charge is -2.12. The summed E-state index contributed by atoms with van der Waals surface area (Å²) in [7, 11) is 0. The van der Waals surface area contributed by atoms with E-state index in [9.17, 15) is 27.6 Å². The van der Waals surface area contributed by atoms with Crippen LogP contribution in [0.4, 0.5) is 13.2 Å². The molecule has 0 amide bonds. The number of carbonyl (C=O) groups is 2. The molecule has 0 N–H and O–H groups in total. The minimum absolute atomic E-state index is 0.0505. The van der Waals surface area contributed by atoms with E-state index >= 15 is 0 Å². The lowest BCUT2D eigenvalue weighted by atomic mass is 10.1. The molecule has 0 aliphatic heterocycles. The summed E-state index contributed by atoms with van der Waals surface area (Å²) >= 11 is 0. The van der Waals surface area contributed by atoms with E-state index in [0.29, 0.717) is 10.9 Å². The van der Waals surface area contributed by atoms with Gasteiger partial charge in [0.25, 0.3) is 5.56 Å². The van der Waals surface area contributed by atoms with Crippen LogP contribution in [0.2, 0.25) is 0 Å². The highest BCUT2D eigenvalue weighted by Gasteiger charge is 2.30. The summed E-state index contributed by atoms with van der Waals surface area (Å²) in [6.07, 6.45) is -3.20. The molecule has 0 aliphatic carbocycles. The Morgan fingerprint density at radius 2 is 1.87 bits per heavy atom. The molecule has 0 saturated heterocycles. The molecule has 0 radical (unpaired) electrons. The van der Waals surface area contributed by atoms with Crippen LogP contribution in [0.3, 0.4) is 0 Å². The van der Waals surface area contributed by atoms with Crippen LogP contribution in [0.5, 0.6) is 0 Å². The molecule has 2 heterocycles. The van der Waals surface area contributed by atoms with Gasteiger partial charge in [-0.05, 0) is 38.5 Å². The second-order valence-corrected chi connectivity index (χ2v) is 7.22. The zero-order valence-corrected chi connectivity index (χ0v) is 17.1. The Kier molecular flexibility index (Phi) is 6.01. The van der Waals surface area contributed by atoms with Crippen molar-refractivity contribution in [2.45, 2.75) is 40.0 Å². The van der Waals surface area contributed by atoms with Crippen molar-refractivity contribution >= 4 is 22.7 Å². The van der Waals surface area contributed by atoms with Crippen molar-refractivity contribution in [1.82, 2.24) is 14.1 Å². The summed E-state index contributed by atoms with van der Waals surface area (Å²) in [5.41, 5.74) is 1.39. The summed E-state index contributed by atoms with van der Waals surface area (Å²) in [5.74, 6) is -1.47. The molecule has 0 saturated carbocycles. The lowest BCUT2D eigenvalue weighted by molar-refractivity contribution is -0.143. The Morgan fingerprint density at radius 3 is 2.55 bits per heavy atom. The minimum Gasteiger partial charge on any atom is -0.456 e. The number of aromatic nitrogens is 3. The molecule has 0 aliphatic rings. The number of ether oxygens (including phenoxy) is 1. The number of fused-ring (bicyclic) bond motifs is 1. The highest BCUT2D eigenvalue weighted by Crippen LogP contribution is 2.23. The number of ketones is 1. The van der Waals surface area contributed by atoms with Gasteiger partial charge in [-0.2, -0.15) is 13.2 Å². The van der Waals surface area contributed by atoms with Crippen molar-refractivity contribution in [2.75, 3.05) is 6.61 Å². The quantitative estimate of drug-likeness (QED) is 0.439. The molecule has 164 valence electrons. The van der Waals surface area contributed by atoms with Crippen LogP contribution in [0.1, 0.15) is 27.3 Å². The van der Waals surface area contributed by atoms with Gasteiger partial charge >= 0.3 is 12.1 Å². The maximum absolute atomic E-state index is 12.7. The molecule has 3 rings (SSSR count). The van der Waals surface area contributed by atoms with E-state index < -0.39 is 43.2 Å². The number of nitrogens with zero attached hydrogens (tertiary/aromatic N) is 3. The van der Waals surface area contributed by atoms with Gasteiger partial charge < -0.3 is 9.30 Å². The number of alkyl halides is 3. The van der Waals surface area contributed by atoms with Gasteiger partial charge in [0.15, 0.2) is 6.61 Å². The van der Waals surface area contributed by atoms with E-state index in [1.54, 1.807) is 12.1 Å². The van der Waals surface area contributed by atoms with Crippen molar-refractivity contribution in [1.29, 1.82) is 0 Å². The van der Waals surface area contributed by atoms with Crippen molar-refractivity contribution in [3.8, 4) is 0 Å². The average Bonchev–Trinajstić information content (AvgIpc) is 2.96. The molecule has 31 heavy (non-hydrogen) atoms. The zero-order valence-electron chi connectivity index (χ0n) is 17.1. The SMILES string of the molecule is Cc1cccc2c(=O)n(CC(=O)OCC(=O)c3cc(C)n(CC(F)(F)F)c3C)cnc12. The molecule has 1 aromatic carbocycles. The molecule has 0 unspecified atom stereocenters. The number of aryl methyl sites for hydroxylation is 2. The first kappa shape index (κ1) is 22.3. The minimum atomic E-state index is -4.43. The number of rotatable bonds is 6. The third-order valence-electron chi connectivity index (χ3n) is 4.93. The number of carbonyl (C=O) groups excluding carboxylic acids is 2. The number of para-hydroxylation sites is 1. The molecule has 0 bridgehead atoms. The molecule has 0 atom stereocenters. The summed E-state index contributed by atoms with van der Waals surface area (Å²) < 4.78 is 45.2. The van der Waals surface area contributed by atoms with Crippen molar-refractivity contribution in [3.05, 3.63) is 63.5 Å². The van der Waals surface area contributed by atoms with Gasteiger partial charge in [-0.1, -0.05) is 12.1 Å². The molecule has 10 heteroatoms. The monoisotopic (exact) mass is 435 g/mol. The van der Waals surface area contributed by atoms with Gasteiger partial charge in [0.2, 0.25) is 5.78 Å². The third-order valence-corrected chi connectivity index (χ3v) is 4.93. The molecule has 2 aromatic heterocycles. The van der Waals surface area contributed by atoms with Crippen LogP contribution in [0, 0.1) is 20.8 Å². The number of benzene rings is 1. The third kappa shape index (κ3) is 4.84. The molecule has 3 aromatic rings. The Balaban J connectivity index is 1.69. The Morgan fingerprint density at radius 1 is 1.16 bits per heavy atom. The summed E-state index contributed by atoms with van der Waals surface area (Å²) in [6, 6.07) is 6.44. The predicted molar refractivity (Wildman–Crippen MR) is 106 cm³/mol. The molecule has 7 nitrogen and oxygen atoms in total. The molecular weight excluding hydrogens is 415 g/mol. The number of hydrogen-bond acceptors (Lipinski definition) is 5. The molecule has 0 fully saturated rings. The average molecular weight is 435 g/mol. The smallest absolute Gasteiger partial charge is 0.406 e. The van der Waals surface area contributed by atoms with Gasteiger partial charge in [0.05, 0.1) is 17.2 Å². The van der Waals surface area contributed by atoms with Crippen LogP contribution in [-0.2, 0) is 22.6 Å². The van der Waals surface area contributed by atoms with E-state index in [0.717, 1.165) is 14.7 Å². The fraction of sp³-hybridized carbons (Fsp3) is 0.333. The fourth-order valence-corrected chi connectivity index (χ4v) is 3.36. The maximum Gasteiger partial charge on any atom is 0.406 e. The first-order chi connectivity index (χ1) is 14.5. The fourth-order valence-electron chi connectivity index (χ4n) is 3.36. The van der Waals surface area contributed by atoms with Crippen LogP contribution in [0.15, 0.2) is 35.4 Å². The molecule has 0 spiro atoms. The van der Waals surface area contributed by atoms with Gasteiger partial charge in [0, 0.05) is 17.0 Å². The van der Waals surface area contributed by atoms with Gasteiger partial charge in [0.1, 0.15) is 13.1 Å². The van der Waals surface area contributed by atoms with Crippen LogP contribution in [-0.4, -0.2) is 38.7 Å². The van der Waals surface area contributed by atoms with Crippen molar-refractivity contribution < 1.29 is 27.5 Å². The Bertz CT molecular complexity index is 1230. The van der Waals surface area contributed by atoms with E-state index in [1.165, 1.54) is 26.2 Å². The van der Waals surface area contributed by atoms with Crippen LogP contribution < -0.4 is 5.56 Å². The van der Waals surface area contributed by atoms with Crippen LogP contribution in [0.25, 0.3) is 10.9 Å². The van der Waals surface area contributed by atoms with Crippen LogP contribution >= 0.6 is 0 Å². The maximum atomic E-state index is 12.7. The highest BCUT2D eigenvalue weighted by molar-refractivity contribution is 5.99. The van der Waals surface area contributed by atoms with Crippen molar-refractivity contribution in [2.24, 2.45) is 0 Å². The standard InChI is InChI=1S/C21H20F3N3O4/c1-12-5-4-6-15-19(12)25-11-26(20(15)30)8-18(29)31-9-17(28)16-7-13(2)27(14(16)3)10-21(22,23)24/h4-7,11H,8-10H2,1-3H3.